The third-order valence-electron chi connectivity index (χ3n) is 3.49. The van der Waals surface area contributed by atoms with E-state index in [1.54, 1.807) is 13.0 Å². The molecule has 0 amide bonds. The van der Waals surface area contributed by atoms with E-state index in [1.807, 2.05) is 0 Å². The second-order valence-corrected chi connectivity index (χ2v) is 6.21. The van der Waals surface area contributed by atoms with Crippen molar-refractivity contribution in [2.45, 2.75) is 43.6 Å². The second kappa shape index (κ2) is 5.24. The molecule has 0 saturated heterocycles. The predicted molar refractivity (Wildman–Crippen MR) is 69.9 cm³/mol. The largest absolute Gasteiger partial charge is 0.416 e. The molecular weight excluding hydrogens is 305 g/mol. The molecule has 1 aromatic rings. The molecule has 0 aliphatic heterocycles. The third kappa shape index (κ3) is 3.50. The zero-order valence-electron chi connectivity index (χ0n) is 10.2. The quantitative estimate of drug-likeness (QED) is 0.675. The van der Waals surface area contributed by atoms with Crippen LogP contribution in [0.1, 0.15) is 36.0 Å². The van der Waals surface area contributed by atoms with Crippen molar-refractivity contribution in [1.29, 1.82) is 0 Å². The summed E-state index contributed by atoms with van der Waals surface area (Å²) in [5.41, 5.74) is 1.20. The summed E-state index contributed by atoms with van der Waals surface area (Å²) in [5.74, 6) is 0.778. The minimum atomic E-state index is -4.24. The van der Waals surface area contributed by atoms with Crippen LogP contribution in [0.4, 0.5) is 13.2 Å². The van der Waals surface area contributed by atoms with E-state index < -0.39 is 11.7 Å². The molecule has 1 aliphatic rings. The van der Waals surface area contributed by atoms with Gasteiger partial charge in [0.15, 0.2) is 0 Å². The van der Waals surface area contributed by atoms with Gasteiger partial charge in [0.05, 0.1) is 5.56 Å². The van der Waals surface area contributed by atoms with Gasteiger partial charge in [-0.3, -0.25) is 0 Å². The van der Waals surface area contributed by atoms with E-state index in [0.29, 0.717) is 4.83 Å². The fraction of sp³-hybridized carbons (Fsp3) is 0.571. The number of hydrogen-bond donors (Lipinski definition) is 0. The van der Waals surface area contributed by atoms with Crippen LogP contribution in [0.2, 0.25) is 0 Å². The van der Waals surface area contributed by atoms with Crippen molar-refractivity contribution in [2.75, 3.05) is 0 Å². The molecule has 18 heavy (non-hydrogen) atoms. The Hall–Kier alpha value is -0.510. The van der Waals surface area contributed by atoms with Gasteiger partial charge in [0.25, 0.3) is 0 Å². The van der Waals surface area contributed by atoms with Gasteiger partial charge in [-0.05, 0) is 61.8 Å². The fourth-order valence-electron chi connectivity index (χ4n) is 2.14. The molecule has 0 nitrogen and oxygen atoms in total. The van der Waals surface area contributed by atoms with E-state index in [4.69, 9.17) is 0 Å². The first-order valence-electron chi connectivity index (χ1n) is 6.18. The van der Waals surface area contributed by atoms with Gasteiger partial charge in [-0.25, -0.2) is 0 Å². The standard InChI is InChI=1S/C14H16BrF3/c1-9-8-12(14(16,17)18)6-4-10(9)5-7-13(15)11-2-3-11/h4,6,8,11,13H,2-3,5,7H2,1H3. The molecule has 100 valence electrons. The SMILES string of the molecule is Cc1cc(C(F)(F)F)ccc1CCC(Br)C1CC1. The van der Waals surface area contributed by atoms with Crippen LogP contribution in [0.25, 0.3) is 0 Å². The van der Waals surface area contributed by atoms with Crippen molar-refractivity contribution >= 4 is 15.9 Å². The molecule has 0 radical (unpaired) electrons. The Morgan fingerprint density at radius 2 is 2.00 bits per heavy atom. The molecule has 0 N–H and O–H groups in total. The average Bonchev–Trinajstić information content (AvgIpc) is 3.09. The van der Waals surface area contributed by atoms with Crippen molar-refractivity contribution < 1.29 is 13.2 Å². The van der Waals surface area contributed by atoms with Crippen molar-refractivity contribution in [3.63, 3.8) is 0 Å². The zero-order valence-corrected chi connectivity index (χ0v) is 11.8. The molecule has 1 aromatic carbocycles. The third-order valence-corrected chi connectivity index (χ3v) is 4.70. The summed E-state index contributed by atoms with van der Waals surface area (Å²) in [7, 11) is 0. The lowest BCUT2D eigenvalue weighted by atomic mass is 9.99. The van der Waals surface area contributed by atoms with Crippen LogP contribution in [0.3, 0.4) is 0 Å². The van der Waals surface area contributed by atoms with Crippen molar-refractivity contribution in [2.24, 2.45) is 5.92 Å². The number of rotatable bonds is 4. The molecule has 0 aromatic heterocycles. The van der Waals surface area contributed by atoms with E-state index >= 15 is 0 Å². The molecule has 1 saturated carbocycles. The number of benzene rings is 1. The molecule has 1 unspecified atom stereocenters. The highest BCUT2D eigenvalue weighted by Gasteiger charge is 2.31. The van der Waals surface area contributed by atoms with Crippen LogP contribution in [0.15, 0.2) is 18.2 Å². The molecule has 0 bridgehead atoms. The molecule has 0 heterocycles. The first-order chi connectivity index (χ1) is 8.38. The highest BCUT2D eigenvalue weighted by atomic mass is 79.9. The summed E-state index contributed by atoms with van der Waals surface area (Å²) in [6.45, 7) is 1.75. The lowest BCUT2D eigenvalue weighted by molar-refractivity contribution is -0.137. The molecule has 1 fully saturated rings. The molecule has 1 atom stereocenters. The van der Waals surface area contributed by atoms with Crippen LogP contribution < -0.4 is 0 Å². The Morgan fingerprint density at radius 3 is 2.50 bits per heavy atom. The normalized spacial score (nSPS) is 17.8. The van der Waals surface area contributed by atoms with Crippen LogP contribution in [0, 0.1) is 12.8 Å². The van der Waals surface area contributed by atoms with Crippen LogP contribution >= 0.6 is 15.9 Å². The molecule has 4 heteroatoms. The van der Waals surface area contributed by atoms with Gasteiger partial charge < -0.3 is 0 Å². The van der Waals surface area contributed by atoms with Gasteiger partial charge >= 0.3 is 6.18 Å². The van der Waals surface area contributed by atoms with Crippen LogP contribution in [-0.2, 0) is 12.6 Å². The number of aryl methyl sites for hydroxylation is 2. The smallest absolute Gasteiger partial charge is 0.166 e. The Balaban J connectivity index is 2.00. The Labute approximate surface area is 114 Å². The van der Waals surface area contributed by atoms with Crippen LogP contribution in [0.5, 0.6) is 0 Å². The van der Waals surface area contributed by atoms with Gasteiger partial charge in [-0.2, -0.15) is 13.2 Å². The lowest BCUT2D eigenvalue weighted by Crippen LogP contribution is -2.07. The Morgan fingerprint density at radius 1 is 1.33 bits per heavy atom. The topological polar surface area (TPSA) is 0 Å². The van der Waals surface area contributed by atoms with E-state index in [-0.39, 0.29) is 0 Å². The van der Waals surface area contributed by atoms with Crippen molar-refractivity contribution in [3.8, 4) is 0 Å². The zero-order chi connectivity index (χ0) is 13.3. The predicted octanol–water partition coefficient (Wildman–Crippen LogP) is 5.12. The van der Waals surface area contributed by atoms with Crippen molar-refractivity contribution in [1.82, 2.24) is 0 Å². The maximum atomic E-state index is 12.5. The summed E-state index contributed by atoms with van der Waals surface area (Å²) in [4.78, 5) is 0.513. The molecule has 1 aliphatic carbocycles. The fourth-order valence-corrected chi connectivity index (χ4v) is 2.90. The van der Waals surface area contributed by atoms with Gasteiger partial charge in [0.1, 0.15) is 0 Å². The molecular formula is C14H16BrF3. The average molecular weight is 321 g/mol. The summed E-state index contributed by atoms with van der Waals surface area (Å²) >= 11 is 3.65. The van der Waals surface area contributed by atoms with E-state index in [0.717, 1.165) is 29.9 Å². The minimum absolute atomic E-state index is 0.513. The second-order valence-electron chi connectivity index (χ2n) is 5.03. The Bertz CT molecular complexity index is 422. The first-order valence-corrected chi connectivity index (χ1v) is 7.10. The monoisotopic (exact) mass is 320 g/mol. The minimum Gasteiger partial charge on any atom is -0.166 e. The van der Waals surface area contributed by atoms with E-state index in [9.17, 15) is 13.2 Å². The van der Waals surface area contributed by atoms with Gasteiger partial charge in [0, 0.05) is 4.83 Å². The summed E-state index contributed by atoms with van der Waals surface area (Å²) in [5, 5.41) is 0. The van der Waals surface area contributed by atoms with Gasteiger partial charge in [0.2, 0.25) is 0 Å². The lowest BCUT2D eigenvalue weighted by Gasteiger charge is -2.12. The van der Waals surface area contributed by atoms with Gasteiger partial charge in [-0.15, -0.1) is 0 Å². The van der Waals surface area contributed by atoms with Crippen LogP contribution in [-0.4, -0.2) is 4.83 Å². The number of alkyl halides is 4. The highest BCUT2D eigenvalue weighted by Crippen LogP contribution is 2.39. The first kappa shape index (κ1) is 13.9. The summed E-state index contributed by atoms with van der Waals surface area (Å²) < 4.78 is 37.6. The van der Waals surface area contributed by atoms with Crippen molar-refractivity contribution in [3.05, 3.63) is 34.9 Å². The Kier molecular flexibility index (Phi) is 4.05. The summed E-state index contributed by atoms with van der Waals surface area (Å²) in [6.07, 6.45) is 0.159. The number of hydrogen-bond acceptors (Lipinski definition) is 0. The van der Waals surface area contributed by atoms with E-state index in [2.05, 4.69) is 15.9 Å². The maximum Gasteiger partial charge on any atom is 0.416 e. The molecule has 0 spiro atoms. The van der Waals surface area contributed by atoms with E-state index in [1.165, 1.54) is 25.0 Å². The summed E-state index contributed by atoms with van der Waals surface area (Å²) in [6, 6.07) is 4.04. The number of halogens is 4. The van der Waals surface area contributed by atoms with Gasteiger partial charge in [-0.1, -0.05) is 22.0 Å². The maximum absolute atomic E-state index is 12.5. The molecule has 2 rings (SSSR count). The highest BCUT2D eigenvalue weighted by molar-refractivity contribution is 9.09.